The van der Waals surface area contributed by atoms with Crippen LogP contribution < -0.4 is 0 Å². The molecule has 0 saturated heterocycles. The highest BCUT2D eigenvalue weighted by Gasteiger charge is 2.22. The zero-order valence-corrected chi connectivity index (χ0v) is 21.8. The van der Waals surface area contributed by atoms with Crippen molar-refractivity contribution in [2.45, 2.75) is 0 Å². The predicted octanol–water partition coefficient (Wildman–Crippen LogP) is 9.16. The molecule has 0 bridgehead atoms. The number of rotatable bonds is 4. The molecule has 0 N–H and O–H groups in total. The molecule has 0 unspecified atom stereocenters. The standard InChI is InChI=1S/C24H13Br2Cl2N3S/c25-17-5-1-3-15(11-17)22-21(28)23(16-4-2-6-18(26)12-16)31(30-22)24-29-20(13-32-24)14-7-9-19(27)10-8-14/h1-13H. The highest BCUT2D eigenvalue weighted by Crippen LogP contribution is 2.40. The van der Waals surface area contributed by atoms with Gasteiger partial charge >= 0.3 is 0 Å². The summed E-state index contributed by atoms with van der Waals surface area (Å²) in [5.74, 6) is 0. The Hall–Kier alpha value is -1.96. The average molecular weight is 606 g/mol. The van der Waals surface area contributed by atoms with Gasteiger partial charge in [0.05, 0.1) is 16.4 Å². The first kappa shape index (κ1) is 21.9. The third-order valence-electron chi connectivity index (χ3n) is 4.84. The quantitative estimate of drug-likeness (QED) is 0.204. The van der Waals surface area contributed by atoms with E-state index in [9.17, 15) is 0 Å². The summed E-state index contributed by atoms with van der Waals surface area (Å²) in [5, 5.41) is 8.90. The van der Waals surface area contributed by atoms with Crippen molar-refractivity contribution in [1.82, 2.24) is 14.8 Å². The van der Waals surface area contributed by atoms with Crippen molar-refractivity contribution in [3.63, 3.8) is 0 Å². The summed E-state index contributed by atoms with van der Waals surface area (Å²) in [4.78, 5) is 4.85. The zero-order chi connectivity index (χ0) is 22.2. The van der Waals surface area contributed by atoms with Gasteiger partial charge in [-0.1, -0.05) is 91.5 Å². The summed E-state index contributed by atoms with van der Waals surface area (Å²) < 4.78 is 3.75. The second kappa shape index (κ2) is 9.12. The number of aromatic nitrogens is 3. The molecule has 0 radical (unpaired) electrons. The maximum Gasteiger partial charge on any atom is 0.211 e. The van der Waals surface area contributed by atoms with Crippen LogP contribution in [0.1, 0.15) is 0 Å². The van der Waals surface area contributed by atoms with Crippen molar-refractivity contribution < 1.29 is 0 Å². The maximum atomic E-state index is 6.94. The van der Waals surface area contributed by atoms with E-state index in [-0.39, 0.29) is 0 Å². The third kappa shape index (κ3) is 4.30. The van der Waals surface area contributed by atoms with Gasteiger partial charge in [-0.25, -0.2) is 9.67 Å². The second-order valence-electron chi connectivity index (χ2n) is 6.97. The number of benzene rings is 3. The lowest BCUT2D eigenvalue weighted by atomic mass is 10.1. The predicted molar refractivity (Wildman–Crippen MR) is 141 cm³/mol. The van der Waals surface area contributed by atoms with Crippen LogP contribution in [-0.2, 0) is 0 Å². The van der Waals surface area contributed by atoms with Crippen molar-refractivity contribution in [2.24, 2.45) is 0 Å². The topological polar surface area (TPSA) is 30.7 Å². The number of hydrogen-bond donors (Lipinski definition) is 0. The van der Waals surface area contributed by atoms with Gasteiger partial charge in [-0.15, -0.1) is 11.3 Å². The number of hydrogen-bond acceptors (Lipinski definition) is 3. The lowest BCUT2D eigenvalue weighted by molar-refractivity contribution is 0.881. The molecule has 0 aliphatic rings. The third-order valence-corrected chi connectivity index (χ3v) is 7.25. The van der Waals surface area contributed by atoms with Crippen molar-refractivity contribution in [1.29, 1.82) is 0 Å². The summed E-state index contributed by atoms with van der Waals surface area (Å²) in [5.41, 5.74) is 5.21. The molecule has 0 spiro atoms. The molecule has 0 fully saturated rings. The van der Waals surface area contributed by atoms with Gasteiger partial charge < -0.3 is 0 Å². The van der Waals surface area contributed by atoms with Crippen LogP contribution in [0.2, 0.25) is 10.0 Å². The fourth-order valence-electron chi connectivity index (χ4n) is 3.36. The lowest BCUT2D eigenvalue weighted by Gasteiger charge is -2.06. The Kier molecular flexibility index (Phi) is 6.23. The molecular formula is C24H13Br2Cl2N3S. The van der Waals surface area contributed by atoms with Crippen LogP contribution in [0.4, 0.5) is 0 Å². The van der Waals surface area contributed by atoms with Gasteiger partial charge in [-0.2, -0.15) is 5.10 Å². The molecule has 0 aliphatic carbocycles. The minimum absolute atomic E-state index is 0.574. The molecular weight excluding hydrogens is 593 g/mol. The Balaban J connectivity index is 1.69. The van der Waals surface area contributed by atoms with E-state index in [0.29, 0.717) is 15.7 Å². The van der Waals surface area contributed by atoms with E-state index in [2.05, 4.69) is 31.9 Å². The molecule has 0 amide bonds. The molecule has 8 heteroatoms. The van der Waals surface area contributed by atoms with E-state index < -0.39 is 0 Å². The molecule has 0 atom stereocenters. The highest BCUT2D eigenvalue weighted by molar-refractivity contribution is 9.10. The Morgan fingerprint density at radius 2 is 1.44 bits per heavy atom. The van der Waals surface area contributed by atoms with E-state index in [1.165, 1.54) is 11.3 Å². The van der Waals surface area contributed by atoms with Crippen LogP contribution in [-0.4, -0.2) is 14.8 Å². The smallest absolute Gasteiger partial charge is 0.211 e. The van der Waals surface area contributed by atoms with Gasteiger partial charge in [0.25, 0.3) is 0 Å². The van der Waals surface area contributed by atoms with Gasteiger partial charge in [-0.05, 0) is 36.4 Å². The Labute approximate surface area is 215 Å². The largest absolute Gasteiger partial charge is 0.218 e. The van der Waals surface area contributed by atoms with Crippen molar-refractivity contribution in [3.05, 3.63) is 97.2 Å². The van der Waals surface area contributed by atoms with Crippen LogP contribution in [0.3, 0.4) is 0 Å². The number of halogens is 4. The summed E-state index contributed by atoms with van der Waals surface area (Å²) in [6.45, 7) is 0. The number of nitrogens with zero attached hydrogens (tertiary/aromatic N) is 3. The Morgan fingerprint density at radius 3 is 2.12 bits per heavy atom. The van der Waals surface area contributed by atoms with Gasteiger partial charge in [0.2, 0.25) is 5.13 Å². The fraction of sp³-hybridized carbons (Fsp3) is 0. The number of thiazole rings is 1. The van der Waals surface area contributed by atoms with E-state index in [1.54, 1.807) is 0 Å². The van der Waals surface area contributed by atoms with E-state index in [1.807, 2.05) is 82.9 Å². The van der Waals surface area contributed by atoms with Crippen molar-refractivity contribution in [3.8, 4) is 38.9 Å². The normalized spacial score (nSPS) is 11.1. The monoisotopic (exact) mass is 603 g/mol. The van der Waals surface area contributed by atoms with E-state index in [4.69, 9.17) is 33.3 Å². The Bertz CT molecular complexity index is 1430. The average Bonchev–Trinajstić information content (AvgIpc) is 3.39. The highest BCUT2D eigenvalue weighted by atomic mass is 79.9. The van der Waals surface area contributed by atoms with Crippen LogP contribution >= 0.6 is 66.4 Å². The second-order valence-corrected chi connectivity index (χ2v) is 10.4. The van der Waals surface area contributed by atoms with Gasteiger partial charge in [0.1, 0.15) is 5.69 Å². The fourth-order valence-corrected chi connectivity index (χ4v) is 5.41. The Morgan fingerprint density at radius 1 is 0.781 bits per heavy atom. The molecule has 0 aliphatic heterocycles. The zero-order valence-electron chi connectivity index (χ0n) is 16.3. The van der Waals surface area contributed by atoms with Crippen molar-refractivity contribution in [2.75, 3.05) is 0 Å². The first-order chi connectivity index (χ1) is 15.5. The molecule has 0 saturated carbocycles. The van der Waals surface area contributed by atoms with Crippen LogP contribution in [0, 0.1) is 0 Å². The summed E-state index contributed by atoms with van der Waals surface area (Å²) in [6.07, 6.45) is 0. The van der Waals surface area contributed by atoms with E-state index in [0.717, 1.165) is 42.2 Å². The molecule has 2 heterocycles. The maximum absolute atomic E-state index is 6.94. The molecule has 2 aromatic heterocycles. The molecule has 3 aromatic carbocycles. The summed E-state index contributed by atoms with van der Waals surface area (Å²) in [6, 6.07) is 23.6. The van der Waals surface area contributed by atoms with Gasteiger partial charge in [0, 0.05) is 36.0 Å². The van der Waals surface area contributed by atoms with Crippen LogP contribution in [0.25, 0.3) is 38.9 Å². The molecule has 5 rings (SSSR count). The van der Waals surface area contributed by atoms with Crippen molar-refractivity contribution >= 4 is 66.4 Å². The van der Waals surface area contributed by atoms with Crippen LogP contribution in [0.15, 0.2) is 87.1 Å². The first-order valence-electron chi connectivity index (χ1n) is 9.52. The molecule has 3 nitrogen and oxygen atoms in total. The summed E-state index contributed by atoms with van der Waals surface area (Å²) in [7, 11) is 0. The minimum Gasteiger partial charge on any atom is -0.218 e. The van der Waals surface area contributed by atoms with Crippen LogP contribution in [0.5, 0.6) is 0 Å². The molecule has 32 heavy (non-hydrogen) atoms. The first-order valence-corrected chi connectivity index (χ1v) is 12.7. The van der Waals surface area contributed by atoms with Gasteiger partial charge in [0.15, 0.2) is 0 Å². The molecule has 5 aromatic rings. The van der Waals surface area contributed by atoms with E-state index >= 15 is 0 Å². The SMILES string of the molecule is Clc1ccc(-c2csc(-n3nc(-c4cccc(Br)c4)c(Cl)c3-c3cccc(Br)c3)n2)cc1. The molecule has 158 valence electrons. The minimum atomic E-state index is 0.574. The lowest BCUT2D eigenvalue weighted by Crippen LogP contribution is -1.99. The summed E-state index contributed by atoms with van der Waals surface area (Å²) >= 11 is 21.6. The van der Waals surface area contributed by atoms with Gasteiger partial charge in [-0.3, -0.25) is 0 Å².